The lowest BCUT2D eigenvalue weighted by molar-refractivity contribution is 0.0949. The average molecular weight is 221 g/mol. The van der Waals surface area contributed by atoms with E-state index in [2.05, 4.69) is 34.0 Å². The van der Waals surface area contributed by atoms with Gasteiger partial charge in [-0.05, 0) is 19.9 Å². The molecule has 0 aliphatic carbocycles. The number of rotatable bonds is 2. The number of nitrogens with zero attached hydrogens (tertiary/aromatic N) is 3. The van der Waals surface area contributed by atoms with E-state index in [1.54, 1.807) is 12.3 Å². The number of piperazine rings is 1. The van der Waals surface area contributed by atoms with E-state index in [0.717, 1.165) is 32.0 Å². The molecule has 5 heteroatoms. The van der Waals surface area contributed by atoms with Gasteiger partial charge in [0, 0.05) is 32.4 Å². The van der Waals surface area contributed by atoms with Crippen LogP contribution in [0, 0.1) is 0 Å². The molecular weight excluding hydrogens is 202 g/mol. The molecule has 1 aromatic heterocycles. The third-order valence-corrected chi connectivity index (χ3v) is 3.13. The summed E-state index contributed by atoms with van der Waals surface area (Å²) in [5, 5.41) is 3.34. The van der Waals surface area contributed by atoms with Gasteiger partial charge in [0.05, 0.1) is 5.54 Å². The molecule has 0 aromatic carbocycles. The fraction of sp³-hybridized carbons (Fsp3) is 0.636. The normalized spacial score (nSPS) is 18.6. The Bertz CT molecular complexity index is 357. The Labute approximate surface area is 96.1 Å². The first kappa shape index (κ1) is 11.3. The third kappa shape index (κ3) is 2.15. The Hall–Kier alpha value is -1.20. The van der Waals surface area contributed by atoms with Crippen LogP contribution in [0.1, 0.15) is 19.7 Å². The first-order valence-corrected chi connectivity index (χ1v) is 5.65. The molecule has 1 aromatic rings. The van der Waals surface area contributed by atoms with Crippen LogP contribution in [-0.4, -0.2) is 41.0 Å². The van der Waals surface area contributed by atoms with Crippen LogP contribution in [0.15, 0.2) is 12.3 Å². The average Bonchev–Trinajstić information content (AvgIpc) is 2.30. The standard InChI is InChI=1S/C11H19N5/c1-11(2,16-7-5-13-6-8-16)10-14-4-3-9(12)15-10/h3-4,13H,5-8H2,1-2H3,(H2,12,14,15). The highest BCUT2D eigenvalue weighted by atomic mass is 15.3. The van der Waals surface area contributed by atoms with Gasteiger partial charge in [-0.15, -0.1) is 0 Å². The van der Waals surface area contributed by atoms with Gasteiger partial charge in [-0.1, -0.05) is 0 Å². The Morgan fingerprint density at radius 1 is 1.38 bits per heavy atom. The highest BCUT2D eigenvalue weighted by molar-refractivity contribution is 5.26. The maximum atomic E-state index is 5.70. The second-order valence-electron chi connectivity index (χ2n) is 4.60. The maximum Gasteiger partial charge on any atom is 0.150 e. The summed E-state index contributed by atoms with van der Waals surface area (Å²) >= 11 is 0. The third-order valence-electron chi connectivity index (χ3n) is 3.13. The van der Waals surface area contributed by atoms with Gasteiger partial charge in [0.15, 0.2) is 0 Å². The van der Waals surface area contributed by atoms with E-state index < -0.39 is 0 Å². The molecule has 3 N–H and O–H groups in total. The molecule has 0 radical (unpaired) electrons. The Morgan fingerprint density at radius 2 is 2.06 bits per heavy atom. The second-order valence-corrected chi connectivity index (χ2v) is 4.60. The number of hydrogen-bond acceptors (Lipinski definition) is 5. The molecule has 16 heavy (non-hydrogen) atoms. The summed E-state index contributed by atoms with van der Waals surface area (Å²) in [5.74, 6) is 1.34. The molecule has 2 heterocycles. The number of anilines is 1. The Balaban J connectivity index is 2.22. The lowest BCUT2D eigenvalue weighted by Gasteiger charge is -2.39. The van der Waals surface area contributed by atoms with E-state index in [9.17, 15) is 0 Å². The predicted molar refractivity (Wildman–Crippen MR) is 63.9 cm³/mol. The lowest BCUT2D eigenvalue weighted by Crippen LogP contribution is -2.52. The molecule has 1 aliphatic heterocycles. The SMILES string of the molecule is CC(C)(c1nccc(N)n1)N1CCNCC1. The van der Waals surface area contributed by atoms with Gasteiger partial charge < -0.3 is 11.1 Å². The highest BCUT2D eigenvalue weighted by Crippen LogP contribution is 2.25. The second kappa shape index (κ2) is 4.35. The van der Waals surface area contributed by atoms with Gasteiger partial charge in [-0.3, -0.25) is 4.90 Å². The van der Waals surface area contributed by atoms with Gasteiger partial charge in [0.25, 0.3) is 0 Å². The number of nitrogen functional groups attached to an aromatic ring is 1. The molecule has 0 amide bonds. The van der Waals surface area contributed by atoms with Crippen LogP contribution in [0.5, 0.6) is 0 Å². The van der Waals surface area contributed by atoms with Crippen LogP contribution in [0.25, 0.3) is 0 Å². The minimum atomic E-state index is -0.155. The lowest BCUT2D eigenvalue weighted by atomic mass is 10.0. The molecule has 1 fully saturated rings. The minimum Gasteiger partial charge on any atom is -0.384 e. The first-order chi connectivity index (χ1) is 7.60. The van der Waals surface area contributed by atoms with E-state index in [1.165, 1.54) is 0 Å². The summed E-state index contributed by atoms with van der Waals surface area (Å²) in [6.07, 6.45) is 1.72. The molecule has 0 bridgehead atoms. The molecule has 0 saturated carbocycles. The summed E-state index contributed by atoms with van der Waals surface area (Å²) in [4.78, 5) is 11.0. The molecule has 0 unspecified atom stereocenters. The van der Waals surface area contributed by atoms with Crippen molar-refractivity contribution >= 4 is 5.82 Å². The largest absolute Gasteiger partial charge is 0.384 e. The monoisotopic (exact) mass is 221 g/mol. The molecule has 1 saturated heterocycles. The summed E-state index contributed by atoms with van der Waals surface area (Å²) in [6.45, 7) is 8.37. The van der Waals surface area contributed by atoms with Crippen molar-refractivity contribution < 1.29 is 0 Å². The van der Waals surface area contributed by atoms with Crippen LogP contribution in [0.4, 0.5) is 5.82 Å². The van der Waals surface area contributed by atoms with Gasteiger partial charge >= 0.3 is 0 Å². The van der Waals surface area contributed by atoms with Crippen LogP contribution in [-0.2, 0) is 5.54 Å². The van der Waals surface area contributed by atoms with Crippen LogP contribution < -0.4 is 11.1 Å². The van der Waals surface area contributed by atoms with Crippen molar-refractivity contribution in [2.45, 2.75) is 19.4 Å². The van der Waals surface area contributed by atoms with Crippen molar-refractivity contribution in [2.75, 3.05) is 31.9 Å². The van der Waals surface area contributed by atoms with E-state index in [4.69, 9.17) is 5.73 Å². The molecule has 5 nitrogen and oxygen atoms in total. The highest BCUT2D eigenvalue weighted by Gasteiger charge is 2.32. The quantitative estimate of drug-likeness (QED) is 0.746. The number of nitrogens with two attached hydrogens (primary N) is 1. The zero-order chi connectivity index (χ0) is 11.6. The smallest absolute Gasteiger partial charge is 0.150 e. The van der Waals surface area contributed by atoms with Crippen molar-refractivity contribution in [2.24, 2.45) is 0 Å². The molecule has 0 atom stereocenters. The van der Waals surface area contributed by atoms with Gasteiger partial charge in [0.1, 0.15) is 11.6 Å². The summed E-state index contributed by atoms with van der Waals surface area (Å²) < 4.78 is 0. The van der Waals surface area contributed by atoms with E-state index in [-0.39, 0.29) is 5.54 Å². The van der Waals surface area contributed by atoms with Gasteiger partial charge in [-0.25, -0.2) is 9.97 Å². The Kier molecular flexibility index (Phi) is 3.07. The van der Waals surface area contributed by atoms with Crippen molar-refractivity contribution in [3.63, 3.8) is 0 Å². The number of hydrogen-bond donors (Lipinski definition) is 2. The van der Waals surface area contributed by atoms with E-state index >= 15 is 0 Å². The molecular formula is C11H19N5. The van der Waals surface area contributed by atoms with E-state index in [1.807, 2.05) is 0 Å². The molecule has 0 spiro atoms. The van der Waals surface area contributed by atoms with Gasteiger partial charge in [-0.2, -0.15) is 0 Å². The molecule has 88 valence electrons. The zero-order valence-corrected chi connectivity index (χ0v) is 9.90. The fourth-order valence-electron chi connectivity index (χ4n) is 2.03. The maximum absolute atomic E-state index is 5.70. The predicted octanol–water partition coefficient (Wildman–Crippen LogP) is 0.199. The fourth-order valence-corrected chi connectivity index (χ4v) is 2.03. The van der Waals surface area contributed by atoms with Crippen LogP contribution in [0.2, 0.25) is 0 Å². The topological polar surface area (TPSA) is 67.1 Å². The first-order valence-electron chi connectivity index (χ1n) is 5.65. The van der Waals surface area contributed by atoms with Crippen molar-refractivity contribution in [1.29, 1.82) is 0 Å². The van der Waals surface area contributed by atoms with Crippen molar-refractivity contribution in [3.8, 4) is 0 Å². The van der Waals surface area contributed by atoms with Gasteiger partial charge in [0.2, 0.25) is 0 Å². The molecule has 2 rings (SSSR count). The summed E-state index contributed by atoms with van der Waals surface area (Å²) in [6, 6.07) is 1.72. The number of aromatic nitrogens is 2. The van der Waals surface area contributed by atoms with Crippen molar-refractivity contribution in [1.82, 2.24) is 20.2 Å². The van der Waals surface area contributed by atoms with Crippen LogP contribution >= 0.6 is 0 Å². The van der Waals surface area contributed by atoms with Crippen LogP contribution in [0.3, 0.4) is 0 Å². The minimum absolute atomic E-state index is 0.155. The number of nitrogens with one attached hydrogen (secondary N) is 1. The van der Waals surface area contributed by atoms with E-state index in [0.29, 0.717) is 5.82 Å². The Morgan fingerprint density at radius 3 is 2.69 bits per heavy atom. The summed E-state index contributed by atoms with van der Waals surface area (Å²) in [5.41, 5.74) is 5.55. The zero-order valence-electron chi connectivity index (χ0n) is 9.90. The van der Waals surface area contributed by atoms with Crippen molar-refractivity contribution in [3.05, 3.63) is 18.1 Å². The molecule has 1 aliphatic rings. The summed E-state index contributed by atoms with van der Waals surface area (Å²) in [7, 11) is 0.